The number of sulfonamides is 1. The van der Waals surface area contributed by atoms with Crippen molar-refractivity contribution in [2.75, 3.05) is 11.9 Å². The quantitative estimate of drug-likeness (QED) is 0.701. The molecule has 1 saturated heterocycles. The molecular weight excluding hydrogens is 388 g/mol. The van der Waals surface area contributed by atoms with Crippen LogP contribution >= 0.6 is 0 Å². The molecule has 1 aliphatic heterocycles. The minimum atomic E-state index is -4.18. The van der Waals surface area contributed by atoms with E-state index < -0.39 is 38.3 Å². The Labute approximate surface area is 160 Å². The Morgan fingerprint density at radius 2 is 1.71 bits per heavy atom. The molecule has 0 bridgehead atoms. The number of anilines is 1. The predicted molar refractivity (Wildman–Crippen MR) is 97.9 cm³/mol. The van der Waals surface area contributed by atoms with Crippen LogP contribution in [-0.4, -0.2) is 38.4 Å². The second-order valence-corrected chi connectivity index (χ2v) is 7.73. The zero-order chi connectivity index (χ0) is 20.5. The van der Waals surface area contributed by atoms with E-state index in [1.54, 1.807) is 30.3 Å². The molecule has 9 nitrogen and oxygen atoms in total. The third-order valence-corrected chi connectivity index (χ3v) is 5.52. The number of amides is 2. The van der Waals surface area contributed by atoms with Crippen LogP contribution in [0, 0.1) is 0 Å². The second-order valence-electron chi connectivity index (χ2n) is 5.87. The van der Waals surface area contributed by atoms with Crippen molar-refractivity contribution in [1.29, 1.82) is 0 Å². The highest BCUT2D eigenvalue weighted by Crippen LogP contribution is 2.41. The largest absolute Gasteiger partial charge is 0.478 e. The van der Waals surface area contributed by atoms with Gasteiger partial charge in [-0.05, 0) is 31.3 Å². The molecule has 0 saturated carbocycles. The number of carboxylic acid groups (broad SMARTS) is 1. The number of imide groups is 1. The SMILES string of the molecule is CNS(=O)(=O)c1cc(C(=O)O)cc(N2C(=O)CCC2=O)c1Oc1ccccc1. The van der Waals surface area contributed by atoms with Crippen LogP contribution in [0.1, 0.15) is 23.2 Å². The van der Waals surface area contributed by atoms with E-state index in [-0.39, 0.29) is 30.0 Å². The number of hydrogen-bond acceptors (Lipinski definition) is 6. The lowest BCUT2D eigenvalue weighted by Gasteiger charge is -2.21. The third-order valence-electron chi connectivity index (χ3n) is 4.10. The van der Waals surface area contributed by atoms with Gasteiger partial charge in [-0.15, -0.1) is 0 Å². The van der Waals surface area contributed by atoms with Crippen molar-refractivity contribution in [1.82, 2.24) is 4.72 Å². The first-order chi connectivity index (χ1) is 13.2. The molecule has 146 valence electrons. The van der Waals surface area contributed by atoms with Crippen molar-refractivity contribution >= 4 is 33.5 Å². The summed E-state index contributed by atoms with van der Waals surface area (Å²) in [7, 11) is -3.03. The van der Waals surface area contributed by atoms with Crippen LogP contribution in [0.2, 0.25) is 0 Å². The van der Waals surface area contributed by atoms with E-state index in [0.717, 1.165) is 24.1 Å². The zero-order valence-corrected chi connectivity index (χ0v) is 15.5. The third kappa shape index (κ3) is 3.59. The number of benzene rings is 2. The summed E-state index contributed by atoms with van der Waals surface area (Å²) >= 11 is 0. The molecule has 0 aromatic heterocycles. The Morgan fingerprint density at radius 3 is 2.25 bits per heavy atom. The van der Waals surface area contributed by atoms with Crippen molar-refractivity contribution in [2.24, 2.45) is 0 Å². The van der Waals surface area contributed by atoms with Crippen molar-refractivity contribution in [3.05, 3.63) is 48.0 Å². The molecule has 2 aromatic rings. The number of carboxylic acids is 1. The number of rotatable bonds is 6. The summed E-state index contributed by atoms with van der Waals surface area (Å²) in [6.07, 6.45) is -0.121. The van der Waals surface area contributed by atoms with Gasteiger partial charge in [-0.25, -0.2) is 22.8 Å². The Kier molecular flexibility index (Phi) is 5.16. The first-order valence-corrected chi connectivity index (χ1v) is 9.66. The van der Waals surface area contributed by atoms with Gasteiger partial charge < -0.3 is 9.84 Å². The summed E-state index contributed by atoms with van der Waals surface area (Å²) < 4.78 is 32.9. The molecule has 0 unspecified atom stereocenters. The molecule has 28 heavy (non-hydrogen) atoms. The lowest BCUT2D eigenvalue weighted by atomic mass is 10.1. The maximum Gasteiger partial charge on any atom is 0.335 e. The Hall–Kier alpha value is -3.24. The number of para-hydroxylation sites is 1. The summed E-state index contributed by atoms with van der Waals surface area (Å²) in [5.41, 5.74) is -0.637. The summed E-state index contributed by atoms with van der Waals surface area (Å²) in [4.78, 5) is 36.3. The van der Waals surface area contributed by atoms with E-state index in [1.807, 2.05) is 0 Å². The number of carbonyl (C=O) groups excluding carboxylic acids is 2. The van der Waals surface area contributed by atoms with Crippen molar-refractivity contribution in [3.8, 4) is 11.5 Å². The minimum absolute atomic E-state index is 0.0605. The van der Waals surface area contributed by atoms with E-state index in [1.165, 1.54) is 0 Å². The number of aromatic carboxylic acids is 1. The molecule has 0 radical (unpaired) electrons. The van der Waals surface area contributed by atoms with Crippen LogP contribution < -0.4 is 14.4 Å². The smallest absolute Gasteiger partial charge is 0.335 e. The first kappa shape index (κ1) is 19.5. The minimum Gasteiger partial charge on any atom is -0.478 e. The second kappa shape index (κ2) is 7.41. The standard InChI is InChI=1S/C18H16N2O7S/c1-19-28(25,26)14-10-11(18(23)24)9-13(20-15(21)7-8-16(20)22)17(14)27-12-5-3-2-4-6-12/h2-6,9-10,19H,7-8H2,1H3,(H,23,24). The normalized spacial score (nSPS) is 14.4. The lowest BCUT2D eigenvalue weighted by Crippen LogP contribution is -2.30. The van der Waals surface area contributed by atoms with Crippen LogP contribution in [0.25, 0.3) is 0 Å². The van der Waals surface area contributed by atoms with E-state index in [9.17, 15) is 27.9 Å². The fraction of sp³-hybridized carbons (Fsp3) is 0.167. The van der Waals surface area contributed by atoms with E-state index in [4.69, 9.17) is 4.74 Å². The highest BCUT2D eigenvalue weighted by atomic mass is 32.2. The van der Waals surface area contributed by atoms with Gasteiger partial charge >= 0.3 is 5.97 Å². The molecule has 10 heteroatoms. The van der Waals surface area contributed by atoms with Gasteiger partial charge in [0.15, 0.2) is 5.75 Å². The molecule has 1 heterocycles. The monoisotopic (exact) mass is 404 g/mol. The average Bonchev–Trinajstić information content (AvgIpc) is 3.00. The van der Waals surface area contributed by atoms with Crippen molar-refractivity contribution in [2.45, 2.75) is 17.7 Å². The van der Waals surface area contributed by atoms with E-state index >= 15 is 0 Å². The fourth-order valence-electron chi connectivity index (χ4n) is 2.74. The molecule has 1 fully saturated rings. The molecule has 2 N–H and O–H groups in total. The van der Waals surface area contributed by atoms with Gasteiger partial charge in [0, 0.05) is 12.8 Å². The summed E-state index contributed by atoms with van der Waals surface area (Å²) in [6.45, 7) is 0. The fourth-order valence-corrected chi connectivity index (χ4v) is 3.63. The number of ether oxygens (including phenoxy) is 1. The maximum atomic E-state index is 12.5. The number of nitrogens with zero attached hydrogens (tertiary/aromatic N) is 1. The van der Waals surface area contributed by atoms with Crippen molar-refractivity contribution < 1.29 is 32.6 Å². The summed E-state index contributed by atoms with van der Waals surface area (Å²) in [5, 5.41) is 9.38. The Bertz CT molecular complexity index is 1050. The summed E-state index contributed by atoms with van der Waals surface area (Å²) in [6, 6.07) is 10.1. The molecule has 0 atom stereocenters. The average molecular weight is 404 g/mol. The van der Waals surface area contributed by atoms with Gasteiger partial charge in [-0.3, -0.25) is 9.59 Å². The zero-order valence-electron chi connectivity index (χ0n) is 14.7. The van der Waals surface area contributed by atoms with Crippen LogP contribution in [0.4, 0.5) is 5.69 Å². The predicted octanol–water partition coefficient (Wildman–Crippen LogP) is 1.74. The molecule has 2 amide bonds. The highest BCUT2D eigenvalue weighted by molar-refractivity contribution is 7.89. The van der Waals surface area contributed by atoms with Crippen molar-refractivity contribution in [3.63, 3.8) is 0 Å². The number of hydrogen-bond donors (Lipinski definition) is 2. The maximum absolute atomic E-state index is 12.5. The van der Waals surface area contributed by atoms with Crippen LogP contribution in [-0.2, 0) is 19.6 Å². The molecule has 1 aliphatic rings. The molecule has 0 aliphatic carbocycles. The topological polar surface area (TPSA) is 130 Å². The van der Waals surface area contributed by atoms with Gasteiger partial charge in [-0.1, -0.05) is 18.2 Å². The summed E-state index contributed by atoms with van der Waals surface area (Å²) in [5.74, 6) is -2.62. The Morgan fingerprint density at radius 1 is 1.11 bits per heavy atom. The van der Waals surface area contributed by atoms with E-state index in [2.05, 4.69) is 4.72 Å². The van der Waals surface area contributed by atoms with Crippen LogP contribution in [0.5, 0.6) is 11.5 Å². The molecule has 3 rings (SSSR count). The molecule has 0 spiro atoms. The Balaban J connectivity index is 2.32. The lowest BCUT2D eigenvalue weighted by molar-refractivity contribution is -0.121. The first-order valence-electron chi connectivity index (χ1n) is 8.18. The highest BCUT2D eigenvalue weighted by Gasteiger charge is 2.36. The van der Waals surface area contributed by atoms with Gasteiger partial charge in [0.2, 0.25) is 21.8 Å². The van der Waals surface area contributed by atoms with Gasteiger partial charge in [0.25, 0.3) is 0 Å². The van der Waals surface area contributed by atoms with Crippen LogP contribution in [0.3, 0.4) is 0 Å². The molecule has 2 aromatic carbocycles. The van der Waals surface area contributed by atoms with Gasteiger partial charge in [0.1, 0.15) is 10.6 Å². The number of carbonyl (C=O) groups is 3. The van der Waals surface area contributed by atoms with Gasteiger partial charge in [0.05, 0.1) is 11.3 Å². The molecular formula is C18H16N2O7S. The van der Waals surface area contributed by atoms with Crippen LogP contribution in [0.15, 0.2) is 47.4 Å². The van der Waals surface area contributed by atoms with Gasteiger partial charge in [-0.2, -0.15) is 0 Å². The number of nitrogens with one attached hydrogen (secondary N) is 1. The van der Waals surface area contributed by atoms with E-state index in [0.29, 0.717) is 0 Å².